The highest BCUT2D eigenvalue weighted by molar-refractivity contribution is 6.07. The zero-order chi connectivity index (χ0) is 14.7. The molecule has 2 aromatic rings. The van der Waals surface area contributed by atoms with Gasteiger partial charge in [-0.3, -0.25) is 4.79 Å². The smallest absolute Gasteiger partial charge is 0.258 e. The summed E-state index contributed by atoms with van der Waals surface area (Å²) in [5.74, 6) is -0.00731. The highest BCUT2D eigenvalue weighted by atomic mass is 16.2. The lowest BCUT2D eigenvalue weighted by Crippen LogP contribution is -2.28. The minimum absolute atomic E-state index is 0.00731. The van der Waals surface area contributed by atoms with Crippen molar-refractivity contribution in [1.29, 1.82) is 0 Å². The number of nitrogens with zero attached hydrogens (tertiary/aromatic N) is 1. The summed E-state index contributed by atoms with van der Waals surface area (Å²) in [7, 11) is 1.79. The molecule has 0 aliphatic carbocycles. The van der Waals surface area contributed by atoms with Crippen LogP contribution in [0.2, 0.25) is 0 Å². The van der Waals surface area contributed by atoms with Crippen LogP contribution in [0.25, 0.3) is 0 Å². The lowest BCUT2D eigenvalue weighted by Gasteiger charge is -2.21. The minimum Gasteiger partial charge on any atom is -0.326 e. The van der Waals surface area contributed by atoms with Crippen LogP contribution >= 0.6 is 0 Å². The summed E-state index contributed by atoms with van der Waals surface area (Å²) in [6.07, 6.45) is 0. The van der Waals surface area contributed by atoms with Crippen molar-refractivity contribution in [3.05, 3.63) is 64.7 Å². The van der Waals surface area contributed by atoms with Gasteiger partial charge in [0.1, 0.15) is 0 Å². The van der Waals surface area contributed by atoms with Crippen molar-refractivity contribution in [3.8, 4) is 0 Å². The second-order valence-electron chi connectivity index (χ2n) is 5.02. The zero-order valence-corrected chi connectivity index (χ0v) is 12.2. The molecule has 0 unspecified atom stereocenters. The van der Waals surface area contributed by atoms with Gasteiger partial charge in [-0.1, -0.05) is 35.9 Å². The van der Waals surface area contributed by atoms with E-state index in [-0.39, 0.29) is 5.91 Å². The number of carbonyl (C=O) groups excluding carboxylic acids is 1. The molecule has 0 saturated heterocycles. The van der Waals surface area contributed by atoms with E-state index in [9.17, 15) is 4.79 Å². The number of hydrogen-bond donors (Lipinski definition) is 1. The molecule has 0 fully saturated rings. The maximum atomic E-state index is 12.7. The van der Waals surface area contributed by atoms with Gasteiger partial charge >= 0.3 is 0 Å². The van der Waals surface area contributed by atoms with Crippen molar-refractivity contribution in [2.45, 2.75) is 20.4 Å². The average Bonchev–Trinajstić information content (AvgIpc) is 2.48. The quantitative estimate of drug-likeness (QED) is 0.930. The van der Waals surface area contributed by atoms with Gasteiger partial charge in [-0.05, 0) is 37.1 Å². The normalized spacial score (nSPS) is 10.4. The van der Waals surface area contributed by atoms with E-state index in [0.29, 0.717) is 6.54 Å². The lowest BCUT2D eigenvalue weighted by molar-refractivity contribution is 0.0992. The number of amides is 1. The van der Waals surface area contributed by atoms with Crippen LogP contribution < -0.4 is 10.6 Å². The molecular formula is C17H20N2O. The summed E-state index contributed by atoms with van der Waals surface area (Å²) in [4.78, 5) is 14.3. The number of hydrogen-bond acceptors (Lipinski definition) is 2. The molecule has 0 spiro atoms. The van der Waals surface area contributed by atoms with E-state index < -0.39 is 0 Å². The Balaban J connectivity index is 2.40. The van der Waals surface area contributed by atoms with Gasteiger partial charge < -0.3 is 10.6 Å². The maximum Gasteiger partial charge on any atom is 0.258 e. The molecule has 20 heavy (non-hydrogen) atoms. The molecule has 0 atom stereocenters. The van der Waals surface area contributed by atoms with Crippen LogP contribution in [0, 0.1) is 13.8 Å². The fourth-order valence-corrected chi connectivity index (χ4v) is 2.27. The van der Waals surface area contributed by atoms with Gasteiger partial charge in [-0.15, -0.1) is 0 Å². The summed E-state index contributed by atoms with van der Waals surface area (Å²) in [6.45, 7) is 4.36. The molecule has 0 saturated carbocycles. The number of carbonyl (C=O) groups is 1. The Morgan fingerprint density at radius 3 is 2.55 bits per heavy atom. The minimum atomic E-state index is -0.00731. The second-order valence-corrected chi connectivity index (χ2v) is 5.02. The van der Waals surface area contributed by atoms with Gasteiger partial charge in [-0.25, -0.2) is 0 Å². The molecule has 1 amide bonds. The Hall–Kier alpha value is -2.13. The molecule has 0 bridgehead atoms. The highest BCUT2D eigenvalue weighted by Gasteiger charge is 2.17. The Morgan fingerprint density at radius 1 is 1.15 bits per heavy atom. The molecule has 3 nitrogen and oxygen atoms in total. The van der Waals surface area contributed by atoms with Crippen molar-refractivity contribution >= 4 is 11.6 Å². The first-order valence-electron chi connectivity index (χ1n) is 6.68. The van der Waals surface area contributed by atoms with Crippen LogP contribution in [0.4, 0.5) is 5.69 Å². The van der Waals surface area contributed by atoms with Gasteiger partial charge in [0.25, 0.3) is 5.91 Å². The largest absolute Gasteiger partial charge is 0.326 e. The van der Waals surface area contributed by atoms with Crippen LogP contribution in [0.15, 0.2) is 42.5 Å². The Labute approximate surface area is 120 Å². The van der Waals surface area contributed by atoms with Crippen LogP contribution in [0.1, 0.15) is 27.0 Å². The van der Waals surface area contributed by atoms with Gasteiger partial charge in [0.15, 0.2) is 0 Å². The van der Waals surface area contributed by atoms with Crippen LogP contribution in [-0.2, 0) is 6.54 Å². The number of aryl methyl sites for hydroxylation is 2. The molecule has 3 heteroatoms. The first kappa shape index (κ1) is 14.3. The van der Waals surface area contributed by atoms with E-state index in [4.69, 9.17) is 5.73 Å². The number of nitrogens with two attached hydrogens (primary N) is 1. The van der Waals surface area contributed by atoms with Crippen LogP contribution in [0.5, 0.6) is 0 Å². The molecule has 0 radical (unpaired) electrons. The highest BCUT2D eigenvalue weighted by Crippen LogP contribution is 2.22. The fourth-order valence-electron chi connectivity index (χ4n) is 2.27. The van der Waals surface area contributed by atoms with Crippen molar-refractivity contribution < 1.29 is 4.79 Å². The molecule has 0 aliphatic rings. The van der Waals surface area contributed by atoms with E-state index >= 15 is 0 Å². The summed E-state index contributed by atoms with van der Waals surface area (Å²) < 4.78 is 0. The molecular weight excluding hydrogens is 248 g/mol. The summed E-state index contributed by atoms with van der Waals surface area (Å²) >= 11 is 0. The predicted molar refractivity (Wildman–Crippen MR) is 83.0 cm³/mol. The number of rotatable bonds is 3. The third-order valence-electron chi connectivity index (χ3n) is 3.50. The molecule has 0 heterocycles. The van der Waals surface area contributed by atoms with Crippen molar-refractivity contribution in [2.24, 2.45) is 5.73 Å². The molecule has 0 aliphatic heterocycles. The Kier molecular flexibility index (Phi) is 4.20. The van der Waals surface area contributed by atoms with Crippen LogP contribution in [0.3, 0.4) is 0 Å². The van der Waals surface area contributed by atoms with Gasteiger partial charge in [0.2, 0.25) is 0 Å². The van der Waals surface area contributed by atoms with E-state index in [0.717, 1.165) is 27.9 Å². The number of anilines is 1. The van der Waals surface area contributed by atoms with Crippen molar-refractivity contribution in [3.63, 3.8) is 0 Å². The second kappa shape index (κ2) is 5.88. The maximum absolute atomic E-state index is 12.7. The predicted octanol–water partition coefficient (Wildman–Crippen LogP) is 3.04. The summed E-state index contributed by atoms with van der Waals surface area (Å²) in [5.41, 5.74) is 10.4. The van der Waals surface area contributed by atoms with E-state index in [1.165, 1.54) is 0 Å². The van der Waals surface area contributed by atoms with Gasteiger partial charge in [0, 0.05) is 24.8 Å². The molecule has 104 valence electrons. The SMILES string of the molecule is Cc1ccc(C)c(C(=O)N(C)c2ccccc2CN)c1. The van der Waals surface area contributed by atoms with Crippen molar-refractivity contribution in [2.75, 3.05) is 11.9 Å². The fraction of sp³-hybridized carbons (Fsp3) is 0.235. The monoisotopic (exact) mass is 268 g/mol. The zero-order valence-electron chi connectivity index (χ0n) is 12.2. The topological polar surface area (TPSA) is 46.3 Å². The van der Waals surface area contributed by atoms with E-state index in [1.54, 1.807) is 11.9 Å². The molecule has 0 aromatic heterocycles. The third-order valence-corrected chi connectivity index (χ3v) is 3.50. The summed E-state index contributed by atoms with van der Waals surface area (Å²) in [5, 5.41) is 0. The lowest BCUT2D eigenvalue weighted by atomic mass is 10.0. The first-order chi connectivity index (χ1) is 9.54. The van der Waals surface area contributed by atoms with Crippen LogP contribution in [-0.4, -0.2) is 13.0 Å². The Bertz CT molecular complexity index is 635. The molecule has 2 rings (SSSR count). The summed E-state index contributed by atoms with van der Waals surface area (Å²) in [6, 6.07) is 13.6. The third kappa shape index (κ3) is 2.73. The first-order valence-corrected chi connectivity index (χ1v) is 6.68. The molecule has 2 N–H and O–H groups in total. The Morgan fingerprint density at radius 2 is 1.85 bits per heavy atom. The van der Waals surface area contributed by atoms with E-state index in [2.05, 4.69) is 0 Å². The van der Waals surface area contributed by atoms with Gasteiger partial charge in [-0.2, -0.15) is 0 Å². The number of benzene rings is 2. The van der Waals surface area contributed by atoms with Gasteiger partial charge in [0.05, 0.1) is 0 Å². The average molecular weight is 268 g/mol. The van der Waals surface area contributed by atoms with E-state index in [1.807, 2.05) is 56.3 Å². The van der Waals surface area contributed by atoms with Crippen molar-refractivity contribution in [1.82, 2.24) is 0 Å². The number of para-hydroxylation sites is 1. The standard InChI is InChI=1S/C17H20N2O/c1-12-8-9-13(2)15(10-12)17(20)19(3)16-7-5-4-6-14(16)11-18/h4-10H,11,18H2,1-3H3. The molecule has 2 aromatic carbocycles.